The van der Waals surface area contributed by atoms with Gasteiger partial charge in [-0.1, -0.05) is 12.1 Å². The molecule has 0 unspecified atom stereocenters. The Morgan fingerprint density at radius 1 is 0.900 bits per heavy atom. The molecule has 0 atom stereocenters. The van der Waals surface area contributed by atoms with Crippen molar-refractivity contribution in [3.05, 3.63) is 41.1 Å². The van der Waals surface area contributed by atoms with E-state index < -0.39 is 0 Å². The van der Waals surface area contributed by atoms with E-state index in [1.54, 1.807) is 4.90 Å². The van der Waals surface area contributed by atoms with E-state index in [2.05, 4.69) is 42.0 Å². The number of rotatable bonds is 4. The summed E-state index contributed by atoms with van der Waals surface area (Å²) in [6.07, 6.45) is 1.42. The number of anilines is 2. The molecule has 1 aromatic carbocycles. The maximum atomic E-state index is 12.8. The van der Waals surface area contributed by atoms with E-state index in [-0.39, 0.29) is 24.7 Å². The van der Waals surface area contributed by atoms with Gasteiger partial charge in [-0.2, -0.15) is 5.10 Å². The van der Waals surface area contributed by atoms with Crippen molar-refractivity contribution >= 4 is 23.3 Å². The van der Waals surface area contributed by atoms with Crippen LogP contribution in [0, 0.1) is 20.8 Å². The fourth-order valence-corrected chi connectivity index (χ4v) is 4.42. The molecule has 2 aliphatic heterocycles. The van der Waals surface area contributed by atoms with Crippen LogP contribution in [0.5, 0.6) is 0 Å². The topological polar surface area (TPSA) is 61.7 Å². The van der Waals surface area contributed by atoms with Crippen LogP contribution in [0.3, 0.4) is 0 Å². The Morgan fingerprint density at radius 2 is 1.63 bits per heavy atom. The molecule has 0 bridgehead atoms. The van der Waals surface area contributed by atoms with Crippen molar-refractivity contribution in [1.29, 1.82) is 0 Å². The first kappa shape index (κ1) is 20.4. The standard InChI is InChI=1S/C23H31N5O2/c1-17-5-6-18(2)20(15-17)25-11-13-26(14-12-25)22(29)7-8-23(30)27-9-4-10-28-21(27)16-19(3)24-28/h5-6,15-16H,4,7-14H2,1-3H3. The summed E-state index contributed by atoms with van der Waals surface area (Å²) in [7, 11) is 0. The highest BCUT2D eigenvalue weighted by Crippen LogP contribution is 2.24. The third kappa shape index (κ3) is 4.20. The number of amides is 2. The molecule has 1 fully saturated rings. The van der Waals surface area contributed by atoms with Gasteiger partial charge in [-0.15, -0.1) is 0 Å². The molecule has 160 valence electrons. The normalized spacial score (nSPS) is 16.6. The van der Waals surface area contributed by atoms with E-state index in [1.165, 1.54) is 16.8 Å². The van der Waals surface area contributed by atoms with E-state index in [4.69, 9.17) is 0 Å². The van der Waals surface area contributed by atoms with Gasteiger partial charge in [-0.25, -0.2) is 4.68 Å². The minimum atomic E-state index is 0.0122. The Morgan fingerprint density at radius 3 is 2.40 bits per heavy atom. The summed E-state index contributed by atoms with van der Waals surface area (Å²) in [5.41, 5.74) is 4.70. The predicted octanol–water partition coefficient (Wildman–Crippen LogP) is 2.67. The van der Waals surface area contributed by atoms with E-state index >= 15 is 0 Å². The first-order valence-electron chi connectivity index (χ1n) is 10.9. The quantitative estimate of drug-likeness (QED) is 0.779. The summed E-state index contributed by atoms with van der Waals surface area (Å²) in [5.74, 6) is 0.947. The van der Waals surface area contributed by atoms with Crippen LogP contribution in [0.25, 0.3) is 0 Å². The Kier molecular flexibility index (Phi) is 5.79. The number of aromatic nitrogens is 2. The molecule has 0 spiro atoms. The highest BCUT2D eigenvalue weighted by Gasteiger charge is 2.26. The molecule has 1 aromatic heterocycles. The summed E-state index contributed by atoms with van der Waals surface area (Å²) in [6.45, 7) is 10.8. The number of fused-ring (bicyclic) bond motifs is 1. The number of nitrogens with zero attached hydrogens (tertiary/aromatic N) is 5. The molecule has 2 aromatic rings. The summed E-state index contributed by atoms with van der Waals surface area (Å²) in [5, 5.41) is 4.44. The Hall–Kier alpha value is -2.83. The van der Waals surface area contributed by atoms with Crippen LogP contribution < -0.4 is 9.80 Å². The van der Waals surface area contributed by atoms with Crippen molar-refractivity contribution in [2.24, 2.45) is 0 Å². The van der Waals surface area contributed by atoms with Crippen LogP contribution >= 0.6 is 0 Å². The van der Waals surface area contributed by atoms with E-state index in [0.717, 1.165) is 37.6 Å². The Labute approximate surface area is 178 Å². The molecule has 2 aliphatic rings. The maximum absolute atomic E-state index is 12.8. The monoisotopic (exact) mass is 409 g/mol. The summed E-state index contributed by atoms with van der Waals surface area (Å²) < 4.78 is 1.89. The minimum absolute atomic E-state index is 0.0122. The lowest BCUT2D eigenvalue weighted by atomic mass is 10.1. The fraction of sp³-hybridized carbons (Fsp3) is 0.522. The molecule has 3 heterocycles. The van der Waals surface area contributed by atoms with Crippen molar-refractivity contribution < 1.29 is 9.59 Å². The van der Waals surface area contributed by atoms with Crippen molar-refractivity contribution in [2.45, 2.75) is 46.6 Å². The number of aryl methyl sites for hydroxylation is 4. The lowest BCUT2D eigenvalue weighted by Gasteiger charge is -2.37. The molecule has 0 N–H and O–H groups in total. The van der Waals surface area contributed by atoms with E-state index in [1.807, 2.05) is 22.6 Å². The van der Waals surface area contributed by atoms with Crippen LogP contribution in [0.15, 0.2) is 24.3 Å². The van der Waals surface area contributed by atoms with Gasteiger partial charge in [0.05, 0.1) is 5.69 Å². The summed E-state index contributed by atoms with van der Waals surface area (Å²) in [4.78, 5) is 31.5. The number of carbonyl (C=O) groups excluding carboxylic acids is 2. The van der Waals surface area contributed by atoms with Crippen molar-refractivity contribution in [1.82, 2.24) is 14.7 Å². The Bertz CT molecular complexity index is 943. The van der Waals surface area contributed by atoms with Crippen LogP contribution in [0.4, 0.5) is 11.5 Å². The molecular weight excluding hydrogens is 378 g/mol. The fourth-order valence-electron chi connectivity index (χ4n) is 4.42. The average molecular weight is 410 g/mol. The predicted molar refractivity (Wildman–Crippen MR) is 118 cm³/mol. The zero-order valence-corrected chi connectivity index (χ0v) is 18.2. The first-order chi connectivity index (χ1) is 14.4. The van der Waals surface area contributed by atoms with Crippen LogP contribution in [0.2, 0.25) is 0 Å². The number of hydrogen-bond donors (Lipinski definition) is 0. The summed E-state index contributed by atoms with van der Waals surface area (Å²) in [6, 6.07) is 8.45. The van der Waals surface area contributed by atoms with Gasteiger partial charge >= 0.3 is 0 Å². The second-order valence-corrected chi connectivity index (χ2v) is 8.42. The number of piperazine rings is 1. The molecule has 0 aliphatic carbocycles. The summed E-state index contributed by atoms with van der Waals surface area (Å²) >= 11 is 0. The van der Waals surface area contributed by atoms with Gasteiger partial charge in [0, 0.05) is 63.9 Å². The molecule has 0 saturated carbocycles. The Balaban J connectivity index is 1.29. The van der Waals surface area contributed by atoms with E-state index in [0.29, 0.717) is 19.6 Å². The van der Waals surface area contributed by atoms with Gasteiger partial charge in [-0.3, -0.25) is 14.5 Å². The van der Waals surface area contributed by atoms with Gasteiger partial charge in [0.25, 0.3) is 0 Å². The molecule has 1 saturated heterocycles. The lowest BCUT2D eigenvalue weighted by Crippen LogP contribution is -2.49. The molecule has 30 heavy (non-hydrogen) atoms. The third-order valence-corrected chi connectivity index (χ3v) is 6.10. The van der Waals surface area contributed by atoms with Gasteiger partial charge < -0.3 is 9.80 Å². The molecule has 4 rings (SSSR count). The molecule has 0 radical (unpaired) electrons. The average Bonchev–Trinajstić information content (AvgIpc) is 3.13. The zero-order chi connectivity index (χ0) is 21.3. The highest BCUT2D eigenvalue weighted by molar-refractivity contribution is 5.95. The van der Waals surface area contributed by atoms with Crippen molar-refractivity contribution in [3.8, 4) is 0 Å². The smallest absolute Gasteiger partial charge is 0.228 e. The molecule has 2 amide bonds. The molecule has 7 nitrogen and oxygen atoms in total. The van der Waals surface area contributed by atoms with Crippen LogP contribution in [0.1, 0.15) is 36.1 Å². The van der Waals surface area contributed by atoms with E-state index in [9.17, 15) is 9.59 Å². The lowest BCUT2D eigenvalue weighted by molar-refractivity contribution is -0.133. The maximum Gasteiger partial charge on any atom is 0.228 e. The number of carbonyl (C=O) groups is 2. The largest absolute Gasteiger partial charge is 0.368 e. The zero-order valence-electron chi connectivity index (χ0n) is 18.2. The molecular formula is C23H31N5O2. The highest BCUT2D eigenvalue weighted by atomic mass is 16.2. The molecule has 7 heteroatoms. The second-order valence-electron chi connectivity index (χ2n) is 8.42. The number of hydrogen-bond acceptors (Lipinski definition) is 4. The minimum Gasteiger partial charge on any atom is -0.368 e. The van der Waals surface area contributed by atoms with Gasteiger partial charge in [0.15, 0.2) is 0 Å². The van der Waals surface area contributed by atoms with Crippen LogP contribution in [-0.4, -0.2) is 59.2 Å². The second kappa shape index (κ2) is 8.50. The third-order valence-electron chi connectivity index (χ3n) is 6.10. The number of benzene rings is 1. The van der Waals surface area contributed by atoms with Gasteiger partial charge in [-0.05, 0) is 44.4 Å². The van der Waals surface area contributed by atoms with Crippen molar-refractivity contribution in [3.63, 3.8) is 0 Å². The SMILES string of the molecule is Cc1ccc(C)c(N2CCN(C(=O)CCC(=O)N3CCCn4nc(C)cc43)CC2)c1. The van der Waals surface area contributed by atoms with Gasteiger partial charge in [0.1, 0.15) is 5.82 Å². The van der Waals surface area contributed by atoms with Gasteiger partial charge in [0.2, 0.25) is 11.8 Å². The first-order valence-corrected chi connectivity index (χ1v) is 10.9. The van der Waals surface area contributed by atoms with Crippen LogP contribution in [-0.2, 0) is 16.1 Å². The van der Waals surface area contributed by atoms with Crippen molar-refractivity contribution in [2.75, 3.05) is 42.5 Å².